The Hall–Kier alpha value is -1.60. The smallest absolute Gasteiger partial charge is 0.321 e. The van der Waals surface area contributed by atoms with E-state index in [1.54, 1.807) is 36.1 Å². The van der Waals surface area contributed by atoms with E-state index in [-0.39, 0.29) is 10.9 Å². The monoisotopic (exact) mass is 351 g/mol. The lowest BCUT2D eigenvalue weighted by molar-refractivity contribution is 0.132. The summed E-state index contributed by atoms with van der Waals surface area (Å²) >= 11 is 0. The third kappa shape index (κ3) is 3.15. The molecule has 1 aromatic carbocycles. The minimum Gasteiger partial charge on any atom is -0.325 e. The van der Waals surface area contributed by atoms with Crippen molar-refractivity contribution >= 4 is 16.1 Å². The highest BCUT2D eigenvalue weighted by Crippen LogP contribution is 2.26. The Morgan fingerprint density at radius 3 is 2.25 bits per heavy atom. The van der Waals surface area contributed by atoms with Gasteiger partial charge in [-0.1, -0.05) is 17.7 Å². The Kier molecular flexibility index (Phi) is 4.83. The molecule has 2 aliphatic rings. The van der Waals surface area contributed by atoms with E-state index < -0.39 is 16.2 Å². The molecule has 1 aromatic rings. The van der Waals surface area contributed by atoms with E-state index in [4.69, 9.17) is 0 Å². The molecule has 0 aromatic heterocycles. The van der Waals surface area contributed by atoms with Crippen molar-refractivity contribution in [2.24, 2.45) is 0 Å². The van der Waals surface area contributed by atoms with Gasteiger partial charge in [0.25, 0.3) is 0 Å². The topological polar surface area (TPSA) is 60.9 Å². The molecule has 2 aliphatic heterocycles. The number of benzene rings is 1. The Bertz CT molecular complexity index is 696. The van der Waals surface area contributed by atoms with Gasteiger partial charge in [-0.3, -0.25) is 0 Å². The summed E-state index contributed by atoms with van der Waals surface area (Å²) in [5.74, 6) is 0. The molecule has 0 saturated carbocycles. The van der Waals surface area contributed by atoms with Crippen LogP contribution in [-0.4, -0.2) is 60.9 Å². The van der Waals surface area contributed by atoms with Gasteiger partial charge in [-0.25, -0.2) is 13.2 Å². The molecule has 2 fully saturated rings. The maximum absolute atomic E-state index is 12.9. The molecule has 7 heteroatoms. The molecule has 6 nitrogen and oxygen atoms in total. The number of piperidine rings is 1. The summed E-state index contributed by atoms with van der Waals surface area (Å²) in [4.78, 5) is 16.5. The number of carbonyl (C=O) groups excluding carboxylic acids is 1. The van der Waals surface area contributed by atoms with Gasteiger partial charge in [0.1, 0.15) is 0 Å². The summed E-state index contributed by atoms with van der Waals surface area (Å²) < 4.78 is 27.2. The van der Waals surface area contributed by atoms with Gasteiger partial charge in [-0.15, -0.1) is 0 Å². The molecule has 0 spiro atoms. The highest BCUT2D eigenvalue weighted by molar-refractivity contribution is 7.89. The first-order valence-electron chi connectivity index (χ1n) is 8.55. The number of nitrogens with zero attached hydrogens (tertiary/aromatic N) is 3. The second-order valence-corrected chi connectivity index (χ2v) is 8.47. The fourth-order valence-electron chi connectivity index (χ4n) is 3.42. The summed E-state index contributed by atoms with van der Waals surface area (Å²) in [6.07, 6.45) is 2.76. The number of carbonyl (C=O) groups is 1. The molecule has 1 unspecified atom stereocenters. The second kappa shape index (κ2) is 6.72. The average Bonchev–Trinajstić information content (AvgIpc) is 2.97. The first kappa shape index (κ1) is 17.2. The SMILES string of the molecule is Cc1ccc(S(=O)(=O)N2CCN(C(=O)N3CCCCC3)C2C)cc1. The quantitative estimate of drug-likeness (QED) is 0.821. The summed E-state index contributed by atoms with van der Waals surface area (Å²) in [5, 5.41) is 0. The molecule has 2 heterocycles. The zero-order valence-electron chi connectivity index (χ0n) is 14.3. The van der Waals surface area contributed by atoms with Crippen molar-refractivity contribution in [2.45, 2.75) is 44.2 Å². The minimum absolute atomic E-state index is 0.0381. The number of sulfonamides is 1. The molecule has 1 atom stereocenters. The molecule has 3 rings (SSSR count). The van der Waals surface area contributed by atoms with Crippen molar-refractivity contribution in [1.82, 2.24) is 14.1 Å². The van der Waals surface area contributed by atoms with Gasteiger partial charge in [0.05, 0.1) is 11.1 Å². The third-order valence-electron chi connectivity index (χ3n) is 4.93. The molecule has 0 radical (unpaired) electrons. The summed E-state index contributed by atoms with van der Waals surface area (Å²) in [6, 6.07) is 6.82. The van der Waals surface area contributed by atoms with Crippen LogP contribution < -0.4 is 0 Å². The lowest BCUT2D eigenvalue weighted by Gasteiger charge is -2.33. The van der Waals surface area contributed by atoms with Crippen LogP contribution in [0.5, 0.6) is 0 Å². The van der Waals surface area contributed by atoms with Gasteiger partial charge < -0.3 is 9.80 Å². The van der Waals surface area contributed by atoms with Crippen molar-refractivity contribution in [1.29, 1.82) is 0 Å². The van der Waals surface area contributed by atoms with Gasteiger partial charge in [0.2, 0.25) is 10.0 Å². The van der Waals surface area contributed by atoms with E-state index in [2.05, 4.69) is 0 Å². The zero-order chi connectivity index (χ0) is 17.3. The predicted molar refractivity (Wildman–Crippen MR) is 92.1 cm³/mol. The fraction of sp³-hybridized carbons (Fsp3) is 0.588. The Labute approximate surface area is 144 Å². The van der Waals surface area contributed by atoms with E-state index in [0.29, 0.717) is 13.1 Å². The Morgan fingerprint density at radius 1 is 1.00 bits per heavy atom. The number of amides is 2. The number of aryl methyl sites for hydroxylation is 1. The van der Waals surface area contributed by atoms with Gasteiger partial charge >= 0.3 is 6.03 Å². The number of urea groups is 1. The molecule has 24 heavy (non-hydrogen) atoms. The van der Waals surface area contributed by atoms with Crippen LogP contribution in [0.25, 0.3) is 0 Å². The van der Waals surface area contributed by atoms with Crippen molar-refractivity contribution in [3.63, 3.8) is 0 Å². The van der Waals surface area contributed by atoms with Gasteiger partial charge in [-0.2, -0.15) is 4.31 Å². The van der Waals surface area contributed by atoms with Crippen LogP contribution in [0.4, 0.5) is 4.79 Å². The normalized spacial score (nSPS) is 22.8. The maximum atomic E-state index is 12.9. The van der Waals surface area contributed by atoms with E-state index in [9.17, 15) is 13.2 Å². The van der Waals surface area contributed by atoms with Crippen molar-refractivity contribution in [3.05, 3.63) is 29.8 Å². The molecule has 2 amide bonds. The zero-order valence-corrected chi connectivity index (χ0v) is 15.1. The number of likely N-dealkylation sites (tertiary alicyclic amines) is 1. The molecule has 0 aliphatic carbocycles. The van der Waals surface area contributed by atoms with E-state index in [1.807, 2.05) is 11.8 Å². The van der Waals surface area contributed by atoms with Crippen LogP contribution in [0.3, 0.4) is 0 Å². The lowest BCUT2D eigenvalue weighted by Crippen LogP contribution is -2.49. The van der Waals surface area contributed by atoms with Gasteiger partial charge in [-0.05, 0) is 45.2 Å². The van der Waals surface area contributed by atoms with Crippen molar-refractivity contribution in [3.8, 4) is 0 Å². The summed E-state index contributed by atoms with van der Waals surface area (Å²) in [5.41, 5.74) is 1.02. The molecule has 0 N–H and O–H groups in total. The van der Waals surface area contributed by atoms with Crippen molar-refractivity contribution < 1.29 is 13.2 Å². The highest BCUT2D eigenvalue weighted by atomic mass is 32.2. The first-order valence-corrected chi connectivity index (χ1v) is 9.99. The van der Waals surface area contributed by atoms with Gasteiger partial charge in [0, 0.05) is 26.2 Å². The predicted octanol–water partition coefficient (Wildman–Crippen LogP) is 2.25. The standard InChI is InChI=1S/C17H25N3O3S/c1-14-6-8-16(9-7-14)24(22,23)20-13-12-19(15(20)2)17(21)18-10-4-3-5-11-18/h6-9,15H,3-5,10-13H2,1-2H3. The van der Waals surface area contributed by atoms with Crippen LogP contribution >= 0.6 is 0 Å². The van der Waals surface area contributed by atoms with E-state index in [0.717, 1.165) is 37.9 Å². The largest absolute Gasteiger partial charge is 0.325 e. The highest BCUT2D eigenvalue weighted by Gasteiger charge is 2.41. The average molecular weight is 351 g/mol. The maximum Gasteiger partial charge on any atom is 0.321 e. The lowest BCUT2D eigenvalue weighted by atomic mass is 10.1. The van der Waals surface area contributed by atoms with Gasteiger partial charge in [0.15, 0.2) is 0 Å². The summed E-state index contributed by atoms with van der Waals surface area (Å²) in [6.45, 7) is 6.05. The number of hydrogen-bond acceptors (Lipinski definition) is 3. The number of rotatable bonds is 2. The third-order valence-corrected chi connectivity index (χ3v) is 6.90. The van der Waals surface area contributed by atoms with Crippen LogP contribution in [-0.2, 0) is 10.0 Å². The molecule has 2 saturated heterocycles. The van der Waals surface area contributed by atoms with Crippen LogP contribution in [0.1, 0.15) is 31.7 Å². The molecule has 132 valence electrons. The molecule has 0 bridgehead atoms. The van der Waals surface area contributed by atoms with E-state index in [1.165, 1.54) is 4.31 Å². The van der Waals surface area contributed by atoms with Crippen LogP contribution in [0.15, 0.2) is 29.2 Å². The first-order chi connectivity index (χ1) is 11.4. The Balaban J connectivity index is 1.76. The van der Waals surface area contributed by atoms with E-state index >= 15 is 0 Å². The molecular weight excluding hydrogens is 326 g/mol. The fourth-order valence-corrected chi connectivity index (χ4v) is 5.01. The number of hydrogen-bond donors (Lipinski definition) is 0. The molecular formula is C17H25N3O3S. The summed E-state index contributed by atoms with van der Waals surface area (Å²) in [7, 11) is -3.58. The van der Waals surface area contributed by atoms with Crippen LogP contribution in [0.2, 0.25) is 0 Å². The second-order valence-electron chi connectivity index (χ2n) is 6.58. The van der Waals surface area contributed by atoms with Crippen molar-refractivity contribution in [2.75, 3.05) is 26.2 Å². The Morgan fingerprint density at radius 2 is 1.62 bits per heavy atom. The van der Waals surface area contributed by atoms with Crippen LogP contribution in [0, 0.1) is 6.92 Å². The minimum atomic E-state index is -3.58.